The number of hydrogen-bond acceptors (Lipinski definition) is 6. The number of methoxy groups -OCH3 is 1. The Hall–Kier alpha value is -3.72. The molecule has 0 radical (unpaired) electrons. The van der Waals surface area contributed by atoms with E-state index in [0.717, 1.165) is 55.7 Å². The molecule has 34 heavy (non-hydrogen) atoms. The first-order valence-electron chi connectivity index (χ1n) is 11.4. The second-order valence-electron chi connectivity index (χ2n) is 8.32. The van der Waals surface area contributed by atoms with Crippen molar-refractivity contribution in [1.29, 1.82) is 0 Å². The first-order valence-corrected chi connectivity index (χ1v) is 11.4. The maximum atomic E-state index is 12.4. The molecule has 0 aliphatic carbocycles. The maximum absolute atomic E-state index is 12.4. The Morgan fingerprint density at radius 3 is 2.47 bits per heavy atom. The summed E-state index contributed by atoms with van der Waals surface area (Å²) in [6, 6.07) is 15.0. The van der Waals surface area contributed by atoms with Gasteiger partial charge in [0.15, 0.2) is 0 Å². The van der Waals surface area contributed by atoms with E-state index < -0.39 is 0 Å². The Morgan fingerprint density at radius 1 is 1.00 bits per heavy atom. The van der Waals surface area contributed by atoms with E-state index in [1.54, 1.807) is 31.4 Å². The largest absolute Gasteiger partial charge is 0.497 e. The third-order valence-corrected chi connectivity index (χ3v) is 5.86. The van der Waals surface area contributed by atoms with Gasteiger partial charge in [0, 0.05) is 63.7 Å². The molecule has 2 heterocycles. The molecular formula is C25H30N6O3. The minimum atomic E-state index is -0.117. The molecule has 2 N–H and O–H groups in total. The number of fused-ring (bicyclic) bond motifs is 1. The maximum Gasteiger partial charge on any atom is 0.251 e. The topological polar surface area (TPSA) is 101 Å². The third-order valence-electron chi connectivity index (χ3n) is 5.86. The number of carbonyl (C=O) groups is 2. The Balaban J connectivity index is 1.28. The molecule has 2 aromatic carbocycles. The van der Waals surface area contributed by atoms with Crippen molar-refractivity contribution in [3.63, 3.8) is 0 Å². The normalized spacial score (nSPS) is 13.6. The van der Waals surface area contributed by atoms with E-state index in [1.807, 2.05) is 24.3 Å². The Kier molecular flexibility index (Phi) is 7.54. The molecule has 9 nitrogen and oxygen atoms in total. The lowest BCUT2D eigenvalue weighted by molar-refractivity contribution is -0.114. The molecule has 178 valence electrons. The van der Waals surface area contributed by atoms with Crippen molar-refractivity contribution in [3.8, 4) is 5.75 Å². The first-order chi connectivity index (χ1) is 16.5. The van der Waals surface area contributed by atoms with Gasteiger partial charge in [0.1, 0.15) is 17.4 Å². The van der Waals surface area contributed by atoms with Crippen LogP contribution < -0.4 is 15.4 Å². The summed E-state index contributed by atoms with van der Waals surface area (Å²) in [5, 5.41) is 14.5. The van der Waals surface area contributed by atoms with Crippen LogP contribution >= 0.6 is 0 Å². The van der Waals surface area contributed by atoms with Gasteiger partial charge in [0.25, 0.3) is 5.91 Å². The first kappa shape index (κ1) is 23.4. The minimum Gasteiger partial charge on any atom is -0.497 e. The smallest absolute Gasteiger partial charge is 0.251 e. The summed E-state index contributed by atoms with van der Waals surface area (Å²) in [6.45, 7) is 5.45. The highest BCUT2D eigenvalue weighted by molar-refractivity contribution is 5.94. The number of benzene rings is 2. The summed E-state index contributed by atoms with van der Waals surface area (Å²) in [7, 11) is 1.60. The Labute approximate surface area is 199 Å². The van der Waals surface area contributed by atoms with E-state index >= 15 is 0 Å². The highest BCUT2D eigenvalue weighted by Gasteiger charge is 2.19. The fraction of sp³-hybridized carbons (Fsp3) is 0.360. The number of hydrogen-bond donors (Lipinski definition) is 2. The standard InChI is InChI=1S/C25H30N6O3/c1-18(32)27-21-7-3-19(4-8-21)17-30-14-12-24-29-28-23(31(24)16-15-30)11-13-26-25(33)20-5-9-22(34-2)10-6-20/h3-10H,11-17H2,1-2H3,(H,26,33)(H,27,32). The lowest BCUT2D eigenvalue weighted by atomic mass is 10.2. The predicted molar refractivity (Wildman–Crippen MR) is 129 cm³/mol. The average molecular weight is 463 g/mol. The van der Waals surface area contributed by atoms with Gasteiger partial charge >= 0.3 is 0 Å². The number of nitrogens with zero attached hydrogens (tertiary/aromatic N) is 4. The van der Waals surface area contributed by atoms with Crippen molar-refractivity contribution in [1.82, 2.24) is 25.0 Å². The summed E-state index contributed by atoms with van der Waals surface area (Å²) < 4.78 is 7.31. The van der Waals surface area contributed by atoms with E-state index in [-0.39, 0.29) is 11.8 Å². The number of anilines is 1. The van der Waals surface area contributed by atoms with Crippen LogP contribution in [0.3, 0.4) is 0 Å². The van der Waals surface area contributed by atoms with Crippen LogP contribution in [-0.2, 0) is 30.7 Å². The molecule has 0 saturated carbocycles. The molecule has 0 saturated heterocycles. The van der Waals surface area contributed by atoms with Crippen molar-refractivity contribution < 1.29 is 14.3 Å². The molecule has 1 aliphatic rings. The zero-order valence-electron chi connectivity index (χ0n) is 19.6. The molecule has 0 fully saturated rings. The van der Waals surface area contributed by atoms with Crippen LogP contribution in [0.2, 0.25) is 0 Å². The highest BCUT2D eigenvalue weighted by atomic mass is 16.5. The Morgan fingerprint density at radius 2 is 1.76 bits per heavy atom. The highest BCUT2D eigenvalue weighted by Crippen LogP contribution is 2.15. The zero-order chi connectivity index (χ0) is 23.9. The summed E-state index contributed by atoms with van der Waals surface area (Å²) in [5.41, 5.74) is 2.61. The monoisotopic (exact) mass is 462 g/mol. The molecule has 3 aromatic rings. The summed E-state index contributed by atoms with van der Waals surface area (Å²) >= 11 is 0. The average Bonchev–Trinajstić information content (AvgIpc) is 3.11. The Bertz CT molecular complexity index is 1120. The molecule has 1 aliphatic heterocycles. The molecule has 0 bridgehead atoms. The van der Waals surface area contributed by atoms with Crippen LogP contribution in [0.25, 0.3) is 0 Å². The van der Waals surface area contributed by atoms with Gasteiger partial charge in [-0.1, -0.05) is 12.1 Å². The number of ether oxygens (including phenoxy) is 1. The van der Waals surface area contributed by atoms with Gasteiger partial charge < -0.3 is 19.9 Å². The zero-order valence-corrected chi connectivity index (χ0v) is 19.6. The van der Waals surface area contributed by atoms with E-state index in [2.05, 4.69) is 30.3 Å². The van der Waals surface area contributed by atoms with Gasteiger partial charge in [0.05, 0.1) is 7.11 Å². The van der Waals surface area contributed by atoms with Crippen LogP contribution in [-0.4, -0.2) is 58.2 Å². The van der Waals surface area contributed by atoms with Gasteiger partial charge in [-0.3, -0.25) is 14.5 Å². The number of rotatable bonds is 8. The second-order valence-corrected chi connectivity index (χ2v) is 8.32. The van der Waals surface area contributed by atoms with Gasteiger partial charge in [-0.15, -0.1) is 10.2 Å². The number of carbonyl (C=O) groups excluding carboxylic acids is 2. The fourth-order valence-corrected chi connectivity index (χ4v) is 4.06. The quantitative estimate of drug-likeness (QED) is 0.533. The minimum absolute atomic E-state index is 0.0700. The fourth-order valence-electron chi connectivity index (χ4n) is 4.06. The van der Waals surface area contributed by atoms with Crippen LogP contribution in [0, 0.1) is 0 Å². The van der Waals surface area contributed by atoms with Gasteiger partial charge in [-0.25, -0.2) is 0 Å². The van der Waals surface area contributed by atoms with Crippen molar-refractivity contribution >= 4 is 17.5 Å². The van der Waals surface area contributed by atoms with Crippen LogP contribution in [0.1, 0.15) is 34.5 Å². The lowest BCUT2D eigenvalue weighted by Gasteiger charge is -2.20. The number of nitrogens with one attached hydrogen (secondary N) is 2. The van der Waals surface area contributed by atoms with Crippen molar-refractivity contribution in [3.05, 3.63) is 71.3 Å². The van der Waals surface area contributed by atoms with Crippen molar-refractivity contribution in [2.45, 2.75) is 32.9 Å². The van der Waals surface area contributed by atoms with Gasteiger partial charge in [0.2, 0.25) is 5.91 Å². The van der Waals surface area contributed by atoms with Gasteiger partial charge in [-0.05, 0) is 42.0 Å². The summed E-state index contributed by atoms with van der Waals surface area (Å²) in [4.78, 5) is 26.0. The number of amides is 2. The molecule has 4 rings (SSSR count). The molecule has 0 atom stereocenters. The third kappa shape index (κ3) is 5.99. The molecule has 0 unspecified atom stereocenters. The van der Waals surface area contributed by atoms with Crippen molar-refractivity contribution in [2.75, 3.05) is 32.1 Å². The lowest BCUT2D eigenvalue weighted by Crippen LogP contribution is -2.28. The molecule has 2 amide bonds. The predicted octanol–water partition coefficient (Wildman–Crippen LogP) is 2.28. The molecule has 9 heteroatoms. The summed E-state index contributed by atoms with van der Waals surface area (Å²) in [5.74, 6) is 2.42. The van der Waals surface area contributed by atoms with Crippen LogP contribution in [0.5, 0.6) is 5.75 Å². The van der Waals surface area contributed by atoms with E-state index in [4.69, 9.17) is 4.74 Å². The van der Waals surface area contributed by atoms with Crippen LogP contribution in [0.4, 0.5) is 5.69 Å². The SMILES string of the molecule is COc1ccc(C(=O)NCCc2nnc3n2CCN(Cc2ccc(NC(C)=O)cc2)CC3)cc1. The number of aromatic nitrogens is 3. The van der Waals surface area contributed by atoms with E-state index in [1.165, 1.54) is 12.5 Å². The van der Waals surface area contributed by atoms with E-state index in [0.29, 0.717) is 18.5 Å². The van der Waals surface area contributed by atoms with Crippen molar-refractivity contribution in [2.24, 2.45) is 0 Å². The summed E-state index contributed by atoms with van der Waals surface area (Å²) in [6.07, 6.45) is 1.45. The van der Waals surface area contributed by atoms with E-state index in [9.17, 15) is 9.59 Å². The molecular weight excluding hydrogens is 432 g/mol. The van der Waals surface area contributed by atoms with Crippen LogP contribution in [0.15, 0.2) is 48.5 Å². The van der Waals surface area contributed by atoms with Gasteiger partial charge in [-0.2, -0.15) is 0 Å². The molecule has 0 spiro atoms. The molecule has 1 aromatic heterocycles. The second kappa shape index (κ2) is 10.9.